The van der Waals surface area contributed by atoms with E-state index in [0.717, 1.165) is 17.5 Å². The number of fused-ring (bicyclic) bond motifs is 1. The first-order chi connectivity index (χ1) is 11.7. The minimum Gasteiger partial charge on any atom is -0.480 e. The fourth-order valence-electron chi connectivity index (χ4n) is 2.76. The van der Waals surface area contributed by atoms with Crippen molar-refractivity contribution in [2.24, 2.45) is 0 Å². The molecule has 1 N–H and O–H groups in total. The molecule has 0 spiro atoms. The van der Waals surface area contributed by atoms with Gasteiger partial charge in [-0.2, -0.15) is 0 Å². The van der Waals surface area contributed by atoms with E-state index in [1.54, 1.807) is 9.13 Å². The predicted molar refractivity (Wildman–Crippen MR) is 95.6 cm³/mol. The summed E-state index contributed by atoms with van der Waals surface area (Å²) >= 11 is 0. The summed E-state index contributed by atoms with van der Waals surface area (Å²) in [5, 5.41) is 9.24. The maximum absolute atomic E-state index is 12.7. The molecular formula is C18H25N3O4. The van der Waals surface area contributed by atoms with Gasteiger partial charge in [-0.15, -0.1) is 0 Å². The van der Waals surface area contributed by atoms with Crippen molar-refractivity contribution in [2.45, 2.75) is 52.2 Å². The van der Waals surface area contributed by atoms with Crippen LogP contribution in [0.1, 0.15) is 33.6 Å². The Morgan fingerprint density at radius 2 is 1.64 bits per heavy atom. The van der Waals surface area contributed by atoms with Crippen LogP contribution >= 0.6 is 0 Å². The van der Waals surface area contributed by atoms with Gasteiger partial charge in [-0.25, -0.2) is 9.59 Å². The Bertz CT molecular complexity index is 848. The summed E-state index contributed by atoms with van der Waals surface area (Å²) in [7, 11) is 1.47. The zero-order valence-electron chi connectivity index (χ0n) is 15.2. The number of carboxylic acids is 1. The molecule has 0 fully saturated rings. The smallest absolute Gasteiger partial charge is 0.329 e. The molecule has 0 bridgehead atoms. The average molecular weight is 347 g/mol. The number of para-hydroxylation sites is 2. The Hall–Kier alpha value is -2.57. The normalized spacial score (nSPS) is 11.7. The zero-order valence-corrected chi connectivity index (χ0v) is 15.2. The molecule has 0 aliphatic heterocycles. The number of imidazole rings is 1. The molecule has 1 heterocycles. The number of benzene rings is 1. The molecule has 1 aromatic heterocycles. The number of likely N-dealkylation sites (N-methyl/N-ethyl adjacent to an activating group) is 1. The first-order valence-corrected chi connectivity index (χ1v) is 8.40. The van der Waals surface area contributed by atoms with E-state index in [0.29, 0.717) is 6.54 Å². The first-order valence-electron chi connectivity index (χ1n) is 8.40. The van der Waals surface area contributed by atoms with Gasteiger partial charge in [0.15, 0.2) is 0 Å². The second-order valence-electron chi connectivity index (χ2n) is 6.64. The van der Waals surface area contributed by atoms with E-state index in [1.165, 1.54) is 25.8 Å². The molecule has 2 aromatic rings. The molecule has 0 unspecified atom stereocenters. The number of aliphatic carboxylic acids is 1. The maximum atomic E-state index is 12.7. The van der Waals surface area contributed by atoms with Crippen LogP contribution in [0.15, 0.2) is 29.1 Å². The number of carbonyl (C=O) groups is 2. The summed E-state index contributed by atoms with van der Waals surface area (Å²) in [6, 6.07) is 7.49. The second kappa shape index (κ2) is 7.13. The van der Waals surface area contributed by atoms with Crippen LogP contribution in [0.2, 0.25) is 0 Å². The number of hydrogen-bond acceptors (Lipinski definition) is 3. The van der Waals surface area contributed by atoms with Gasteiger partial charge in [0, 0.05) is 26.6 Å². The SMILES string of the molecule is CCCn1c(=O)n(CCC(=O)N(C)C(C)(C)C(=O)O)c2ccccc21. The van der Waals surface area contributed by atoms with E-state index >= 15 is 0 Å². The molecule has 0 aliphatic rings. The highest BCUT2D eigenvalue weighted by molar-refractivity contribution is 5.86. The Labute approximate surface area is 146 Å². The average Bonchev–Trinajstić information content (AvgIpc) is 2.84. The number of amides is 1. The fourth-order valence-corrected chi connectivity index (χ4v) is 2.76. The van der Waals surface area contributed by atoms with Gasteiger partial charge in [0.1, 0.15) is 5.54 Å². The molecule has 2 rings (SSSR count). The Balaban J connectivity index is 2.27. The number of hydrogen-bond donors (Lipinski definition) is 1. The van der Waals surface area contributed by atoms with Gasteiger partial charge in [-0.1, -0.05) is 19.1 Å². The van der Waals surface area contributed by atoms with Crippen molar-refractivity contribution in [3.8, 4) is 0 Å². The van der Waals surface area contributed by atoms with Crippen molar-refractivity contribution in [2.75, 3.05) is 7.05 Å². The van der Waals surface area contributed by atoms with Crippen LogP contribution in [-0.4, -0.2) is 43.6 Å². The summed E-state index contributed by atoms with van der Waals surface area (Å²) in [6.45, 7) is 5.80. The lowest BCUT2D eigenvalue weighted by Gasteiger charge is -2.31. The zero-order chi connectivity index (χ0) is 18.8. The third-order valence-electron chi connectivity index (χ3n) is 4.66. The lowest BCUT2D eigenvalue weighted by Crippen LogP contribution is -2.51. The summed E-state index contributed by atoms with van der Waals surface area (Å²) < 4.78 is 3.30. The molecule has 0 radical (unpaired) electrons. The van der Waals surface area contributed by atoms with E-state index in [-0.39, 0.29) is 24.6 Å². The summed E-state index contributed by atoms with van der Waals surface area (Å²) in [4.78, 5) is 37.6. The molecule has 1 aromatic carbocycles. The number of aryl methyl sites for hydroxylation is 2. The number of carboxylic acid groups (broad SMARTS) is 1. The number of carbonyl (C=O) groups excluding carboxylic acids is 1. The molecular weight excluding hydrogens is 322 g/mol. The van der Waals surface area contributed by atoms with Crippen molar-refractivity contribution in [3.63, 3.8) is 0 Å². The van der Waals surface area contributed by atoms with Gasteiger partial charge in [0.05, 0.1) is 11.0 Å². The third-order valence-corrected chi connectivity index (χ3v) is 4.66. The highest BCUT2D eigenvalue weighted by atomic mass is 16.4. The van der Waals surface area contributed by atoms with Crippen LogP contribution in [0.3, 0.4) is 0 Å². The van der Waals surface area contributed by atoms with E-state index in [9.17, 15) is 19.5 Å². The van der Waals surface area contributed by atoms with Gasteiger partial charge < -0.3 is 10.0 Å². The Morgan fingerprint density at radius 1 is 1.12 bits per heavy atom. The minimum absolute atomic E-state index is 0.0627. The number of rotatable bonds is 7. The molecule has 0 saturated carbocycles. The monoisotopic (exact) mass is 347 g/mol. The molecule has 1 amide bonds. The van der Waals surface area contributed by atoms with Crippen LogP contribution in [0.5, 0.6) is 0 Å². The lowest BCUT2D eigenvalue weighted by atomic mass is 10.0. The molecule has 25 heavy (non-hydrogen) atoms. The molecule has 136 valence electrons. The highest BCUT2D eigenvalue weighted by Gasteiger charge is 2.34. The van der Waals surface area contributed by atoms with Crippen LogP contribution in [0, 0.1) is 0 Å². The number of nitrogens with zero attached hydrogens (tertiary/aromatic N) is 3. The highest BCUT2D eigenvalue weighted by Crippen LogP contribution is 2.16. The molecule has 0 atom stereocenters. The van der Waals surface area contributed by atoms with Crippen molar-refractivity contribution >= 4 is 22.9 Å². The largest absolute Gasteiger partial charge is 0.480 e. The summed E-state index contributed by atoms with van der Waals surface area (Å²) in [6.07, 6.45) is 0.898. The van der Waals surface area contributed by atoms with E-state index in [2.05, 4.69) is 0 Å². The first kappa shape index (κ1) is 18.8. The minimum atomic E-state index is -1.29. The predicted octanol–water partition coefficient (Wildman–Crippen LogP) is 1.92. The lowest BCUT2D eigenvalue weighted by molar-refractivity contribution is -0.155. The summed E-state index contributed by atoms with van der Waals surface area (Å²) in [5.74, 6) is -1.38. The maximum Gasteiger partial charge on any atom is 0.329 e. The molecule has 0 aliphatic carbocycles. The van der Waals surface area contributed by atoms with Gasteiger partial charge in [0.25, 0.3) is 0 Å². The topological polar surface area (TPSA) is 84.5 Å². The second-order valence-corrected chi connectivity index (χ2v) is 6.64. The van der Waals surface area contributed by atoms with E-state index < -0.39 is 11.5 Å². The van der Waals surface area contributed by atoms with Crippen LogP contribution in [0.4, 0.5) is 0 Å². The van der Waals surface area contributed by atoms with Crippen LogP contribution in [-0.2, 0) is 22.7 Å². The van der Waals surface area contributed by atoms with Crippen molar-refractivity contribution in [3.05, 3.63) is 34.7 Å². The Kier molecular flexibility index (Phi) is 5.35. The molecule has 7 nitrogen and oxygen atoms in total. The van der Waals surface area contributed by atoms with Crippen LogP contribution < -0.4 is 5.69 Å². The van der Waals surface area contributed by atoms with E-state index in [4.69, 9.17) is 0 Å². The van der Waals surface area contributed by atoms with Crippen molar-refractivity contribution in [1.29, 1.82) is 0 Å². The quantitative estimate of drug-likeness (QED) is 0.829. The molecule has 7 heteroatoms. The van der Waals surface area contributed by atoms with Crippen molar-refractivity contribution < 1.29 is 14.7 Å². The third kappa shape index (κ3) is 3.45. The van der Waals surface area contributed by atoms with Gasteiger partial charge in [-0.3, -0.25) is 13.9 Å². The van der Waals surface area contributed by atoms with Gasteiger partial charge >= 0.3 is 11.7 Å². The van der Waals surface area contributed by atoms with Gasteiger partial charge in [-0.05, 0) is 32.4 Å². The Morgan fingerprint density at radius 3 is 2.12 bits per heavy atom. The van der Waals surface area contributed by atoms with E-state index in [1.807, 2.05) is 31.2 Å². The standard InChI is InChI=1S/C18H25N3O4/c1-5-11-20-13-8-6-7-9-14(13)21(17(20)25)12-10-15(22)19(4)18(2,3)16(23)24/h6-9H,5,10-12H2,1-4H3,(H,23,24). The fraction of sp³-hybridized carbons (Fsp3) is 0.500. The van der Waals surface area contributed by atoms with Crippen LogP contribution in [0.25, 0.3) is 11.0 Å². The van der Waals surface area contributed by atoms with Gasteiger partial charge in [0.2, 0.25) is 5.91 Å². The summed E-state index contributed by atoms with van der Waals surface area (Å²) in [5.41, 5.74) is 0.198. The van der Waals surface area contributed by atoms with Crippen molar-refractivity contribution in [1.82, 2.24) is 14.0 Å². The number of aromatic nitrogens is 2. The molecule has 0 saturated heterocycles.